The number of carbonyl (C=O) groups is 1. The van der Waals surface area contributed by atoms with Crippen LogP contribution < -0.4 is 4.74 Å². The second-order valence-corrected chi connectivity index (χ2v) is 5.40. The molecule has 22 heavy (non-hydrogen) atoms. The monoisotopic (exact) mass is 310 g/mol. The number of ether oxygens (including phenoxy) is 1. The Morgan fingerprint density at radius 2 is 1.91 bits per heavy atom. The second-order valence-electron chi connectivity index (χ2n) is 5.40. The summed E-state index contributed by atoms with van der Waals surface area (Å²) in [6.07, 6.45) is -1.99. The van der Waals surface area contributed by atoms with Gasteiger partial charge in [0.05, 0.1) is 23.1 Å². The molecule has 0 fully saturated rings. The number of ketones is 1. The minimum atomic E-state index is -4.71. The van der Waals surface area contributed by atoms with Crippen molar-refractivity contribution in [2.45, 2.75) is 26.1 Å². The molecule has 7 heteroatoms. The number of halogens is 3. The van der Waals surface area contributed by atoms with Gasteiger partial charge in [0, 0.05) is 6.42 Å². The normalized spacial score (nSPS) is 18.2. The fraction of sp³-hybridized carbons (Fsp3) is 0.333. The molecule has 0 saturated carbocycles. The standard InChI is InChI=1S/C15H13F3N2O2/c1-9-6-13-12(14(21)7-9)8-19-20(13)10-2-4-11(5-3-10)22-15(16,17)18/h2-5,8-9H,6-7H2,1H3/t9-/m1/s1. The van der Waals surface area contributed by atoms with E-state index in [-0.39, 0.29) is 17.5 Å². The van der Waals surface area contributed by atoms with E-state index in [0.717, 1.165) is 5.69 Å². The molecule has 1 atom stereocenters. The molecule has 0 radical (unpaired) electrons. The zero-order chi connectivity index (χ0) is 15.9. The van der Waals surface area contributed by atoms with Gasteiger partial charge in [-0.2, -0.15) is 5.10 Å². The first-order valence-corrected chi connectivity index (χ1v) is 6.80. The summed E-state index contributed by atoms with van der Waals surface area (Å²) in [7, 11) is 0. The Hall–Kier alpha value is -2.31. The van der Waals surface area contributed by atoms with Gasteiger partial charge in [0.15, 0.2) is 5.78 Å². The van der Waals surface area contributed by atoms with Crippen LogP contribution in [-0.4, -0.2) is 21.9 Å². The van der Waals surface area contributed by atoms with Gasteiger partial charge in [-0.3, -0.25) is 4.79 Å². The van der Waals surface area contributed by atoms with E-state index >= 15 is 0 Å². The predicted octanol–water partition coefficient (Wildman–Crippen LogP) is 3.54. The summed E-state index contributed by atoms with van der Waals surface area (Å²) in [4.78, 5) is 12.0. The molecule has 1 aromatic heterocycles. The summed E-state index contributed by atoms with van der Waals surface area (Å²) in [6.45, 7) is 1.98. The van der Waals surface area contributed by atoms with Crippen LogP contribution in [0.3, 0.4) is 0 Å². The Morgan fingerprint density at radius 1 is 1.23 bits per heavy atom. The predicted molar refractivity (Wildman–Crippen MR) is 72.1 cm³/mol. The zero-order valence-corrected chi connectivity index (χ0v) is 11.7. The summed E-state index contributed by atoms with van der Waals surface area (Å²) < 4.78 is 41.9. The summed E-state index contributed by atoms with van der Waals surface area (Å²) in [6, 6.07) is 5.42. The number of Topliss-reactive ketones (excluding diaryl/α,β-unsaturated/α-hetero) is 1. The smallest absolute Gasteiger partial charge is 0.406 e. The van der Waals surface area contributed by atoms with Gasteiger partial charge in [-0.15, -0.1) is 13.2 Å². The molecule has 1 aromatic carbocycles. The highest BCUT2D eigenvalue weighted by molar-refractivity contribution is 5.98. The highest BCUT2D eigenvalue weighted by Crippen LogP contribution is 2.28. The molecule has 1 heterocycles. The van der Waals surface area contributed by atoms with E-state index in [2.05, 4.69) is 9.84 Å². The Morgan fingerprint density at radius 3 is 2.55 bits per heavy atom. The van der Waals surface area contributed by atoms with E-state index in [4.69, 9.17) is 0 Å². The lowest BCUT2D eigenvalue weighted by Crippen LogP contribution is -2.19. The van der Waals surface area contributed by atoms with Crippen molar-refractivity contribution in [3.05, 3.63) is 41.7 Å². The molecule has 3 rings (SSSR count). The van der Waals surface area contributed by atoms with Gasteiger partial charge in [-0.25, -0.2) is 4.68 Å². The van der Waals surface area contributed by atoms with Gasteiger partial charge in [-0.1, -0.05) is 6.92 Å². The van der Waals surface area contributed by atoms with Crippen LogP contribution in [0, 0.1) is 5.92 Å². The molecule has 0 amide bonds. The van der Waals surface area contributed by atoms with Gasteiger partial charge in [-0.05, 0) is 36.6 Å². The molecule has 1 aliphatic rings. The van der Waals surface area contributed by atoms with Gasteiger partial charge in [0.2, 0.25) is 0 Å². The maximum Gasteiger partial charge on any atom is 0.573 e. The maximum atomic E-state index is 12.1. The number of benzene rings is 1. The summed E-state index contributed by atoms with van der Waals surface area (Å²) in [5.41, 5.74) is 1.99. The molecular weight excluding hydrogens is 297 g/mol. The molecule has 4 nitrogen and oxygen atoms in total. The Kier molecular flexibility index (Phi) is 3.42. The number of hydrogen-bond acceptors (Lipinski definition) is 3. The van der Waals surface area contributed by atoms with Crippen molar-refractivity contribution in [3.63, 3.8) is 0 Å². The fourth-order valence-electron chi connectivity index (χ4n) is 2.64. The minimum Gasteiger partial charge on any atom is -0.406 e. The van der Waals surface area contributed by atoms with Crippen molar-refractivity contribution in [1.29, 1.82) is 0 Å². The van der Waals surface area contributed by atoms with Crippen LogP contribution in [0.15, 0.2) is 30.5 Å². The van der Waals surface area contributed by atoms with E-state index in [1.807, 2.05) is 6.92 Å². The van der Waals surface area contributed by atoms with Crippen molar-refractivity contribution in [3.8, 4) is 11.4 Å². The second kappa shape index (κ2) is 5.15. The lowest BCUT2D eigenvalue weighted by Gasteiger charge is -2.19. The molecular formula is C15H13F3N2O2. The molecule has 1 aliphatic carbocycles. The first kappa shape index (κ1) is 14.6. The first-order valence-electron chi connectivity index (χ1n) is 6.80. The van der Waals surface area contributed by atoms with Crippen molar-refractivity contribution >= 4 is 5.78 Å². The minimum absolute atomic E-state index is 0.0528. The van der Waals surface area contributed by atoms with Crippen LogP contribution in [0.2, 0.25) is 0 Å². The van der Waals surface area contributed by atoms with Crippen LogP contribution in [0.5, 0.6) is 5.75 Å². The third-order valence-electron chi connectivity index (χ3n) is 3.56. The lowest BCUT2D eigenvalue weighted by atomic mass is 9.88. The average molecular weight is 310 g/mol. The van der Waals surface area contributed by atoms with E-state index in [0.29, 0.717) is 24.1 Å². The van der Waals surface area contributed by atoms with E-state index in [1.54, 1.807) is 4.68 Å². The topological polar surface area (TPSA) is 44.1 Å². The number of alkyl halides is 3. The maximum absolute atomic E-state index is 12.1. The summed E-state index contributed by atoms with van der Waals surface area (Å²) in [5, 5.41) is 4.19. The first-order chi connectivity index (χ1) is 10.3. The number of nitrogens with zero attached hydrogens (tertiary/aromatic N) is 2. The van der Waals surface area contributed by atoms with Crippen molar-refractivity contribution in [2.75, 3.05) is 0 Å². The third-order valence-corrected chi connectivity index (χ3v) is 3.56. The van der Waals surface area contributed by atoms with Crippen LogP contribution in [0.4, 0.5) is 13.2 Å². The molecule has 2 aromatic rings. The third kappa shape index (κ3) is 2.84. The Bertz CT molecular complexity index is 705. The zero-order valence-electron chi connectivity index (χ0n) is 11.7. The molecule has 0 aliphatic heterocycles. The van der Waals surface area contributed by atoms with Gasteiger partial charge >= 0.3 is 6.36 Å². The van der Waals surface area contributed by atoms with E-state index in [9.17, 15) is 18.0 Å². The molecule has 0 bridgehead atoms. The highest BCUT2D eigenvalue weighted by Gasteiger charge is 2.31. The van der Waals surface area contributed by atoms with Gasteiger partial charge in [0.25, 0.3) is 0 Å². The summed E-state index contributed by atoms with van der Waals surface area (Å²) >= 11 is 0. The SMILES string of the molecule is C[C@H]1CC(=O)c2cnn(-c3ccc(OC(F)(F)F)cc3)c2C1. The average Bonchev–Trinajstić information content (AvgIpc) is 2.82. The van der Waals surface area contributed by atoms with Crippen molar-refractivity contribution < 1.29 is 22.7 Å². The number of aromatic nitrogens is 2. The van der Waals surface area contributed by atoms with Crippen molar-refractivity contribution in [1.82, 2.24) is 9.78 Å². The van der Waals surface area contributed by atoms with E-state index < -0.39 is 6.36 Å². The van der Waals surface area contributed by atoms with Gasteiger partial charge < -0.3 is 4.74 Å². The van der Waals surface area contributed by atoms with E-state index in [1.165, 1.54) is 30.5 Å². The number of fused-ring (bicyclic) bond motifs is 1. The largest absolute Gasteiger partial charge is 0.573 e. The molecule has 0 N–H and O–H groups in total. The van der Waals surface area contributed by atoms with Crippen LogP contribution in [-0.2, 0) is 6.42 Å². The highest BCUT2D eigenvalue weighted by atomic mass is 19.4. The Balaban J connectivity index is 1.91. The quantitative estimate of drug-likeness (QED) is 0.852. The van der Waals surface area contributed by atoms with Crippen LogP contribution >= 0.6 is 0 Å². The molecule has 116 valence electrons. The van der Waals surface area contributed by atoms with Crippen molar-refractivity contribution in [2.24, 2.45) is 5.92 Å². The molecule has 0 unspecified atom stereocenters. The number of carbonyl (C=O) groups excluding carboxylic acids is 1. The lowest BCUT2D eigenvalue weighted by molar-refractivity contribution is -0.274. The molecule has 0 saturated heterocycles. The summed E-state index contributed by atoms with van der Waals surface area (Å²) in [5.74, 6) is -0.0120. The number of hydrogen-bond donors (Lipinski definition) is 0. The Labute approximate surface area is 124 Å². The van der Waals surface area contributed by atoms with Crippen LogP contribution in [0.1, 0.15) is 29.4 Å². The van der Waals surface area contributed by atoms with Crippen LogP contribution in [0.25, 0.3) is 5.69 Å². The number of rotatable bonds is 2. The molecule has 0 spiro atoms. The fourth-order valence-corrected chi connectivity index (χ4v) is 2.64. The van der Waals surface area contributed by atoms with Gasteiger partial charge in [0.1, 0.15) is 5.75 Å².